The second kappa shape index (κ2) is 6.63. The largest absolute Gasteiger partial charge is 0.319 e. The van der Waals surface area contributed by atoms with Crippen molar-refractivity contribution in [2.75, 3.05) is 0 Å². The number of halogens is 1. The number of nitrogens with zero attached hydrogens (tertiary/aromatic N) is 3. The summed E-state index contributed by atoms with van der Waals surface area (Å²) >= 11 is 1.53. The number of aryl methyl sites for hydroxylation is 2. The number of hydrogen-bond donors (Lipinski definition) is 1. The minimum absolute atomic E-state index is 0.243. The van der Waals surface area contributed by atoms with Crippen molar-refractivity contribution >= 4 is 33.3 Å². The number of benzene rings is 2. The fraction of sp³-hybridized carbons (Fsp3) is 0.136. The molecule has 5 aromatic rings. The topological polar surface area (TPSA) is 63.6 Å². The van der Waals surface area contributed by atoms with Gasteiger partial charge in [-0.3, -0.25) is 4.79 Å². The Hall–Kier alpha value is -3.32. The first kappa shape index (κ1) is 17.8. The van der Waals surface area contributed by atoms with E-state index in [9.17, 15) is 9.18 Å². The third-order valence-electron chi connectivity index (χ3n) is 5.17. The molecular weight excluding hydrogens is 387 g/mol. The van der Waals surface area contributed by atoms with Gasteiger partial charge in [0.2, 0.25) is 5.56 Å². The van der Waals surface area contributed by atoms with E-state index in [4.69, 9.17) is 4.98 Å². The van der Waals surface area contributed by atoms with Crippen molar-refractivity contribution in [1.82, 2.24) is 19.5 Å². The van der Waals surface area contributed by atoms with Crippen molar-refractivity contribution in [2.24, 2.45) is 0 Å². The Morgan fingerprint density at radius 1 is 1.17 bits per heavy atom. The molecule has 3 heterocycles. The van der Waals surface area contributed by atoms with Crippen LogP contribution in [0, 0.1) is 19.7 Å². The molecule has 5 rings (SSSR count). The van der Waals surface area contributed by atoms with Crippen LogP contribution >= 0.6 is 11.3 Å². The number of aromatic amines is 1. The third kappa shape index (κ3) is 2.86. The van der Waals surface area contributed by atoms with E-state index in [2.05, 4.69) is 14.5 Å². The predicted molar refractivity (Wildman–Crippen MR) is 114 cm³/mol. The highest BCUT2D eigenvalue weighted by molar-refractivity contribution is 7.13. The van der Waals surface area contributed by atoms with Crippen molar-refractivity contribution in [1.29, 1.82) is 0 Å². The molecular formula is C22H17FN4OS. The smallest absolute Gasteiger partial charge is 0.248 e. The number of hydrogen-bond acceptors (Lipinski definition) is 4. The van der Waals surface area contributed by atoms with Crippen LogP contribution in [0.3, 0.4) is 0 Å². The Morgan fingerprint density at radius 2 is 2.00 bits per heavy atom. The molecule has 7 heteroatoms. The number of fused-ring (bicyclic) bond motifs is 2. The van der Waals surface area contributed by atoms with Gasteiger partial charge in [-0.2, -0.15) is 0 Å². The molecule has 0 spiro atoms. The van der Waals surface area contributed by atoms with E-state index in [0.29, 0.717) is 6.54 Å². The number of nitrogens with one attached hydrogen (secondary N) is 1. The highest BCUT2D eigenvalue weighted by atomic mass is 32.1. The molecule has 0 bridgehead atoms. The van der Waals surface area contributed by atoms with Gasteiger partial charge >= 0.3 is 0 Å². The summed E-state index contributed by atoms with van der Waals surface area (Å²) in [5, 5.41) is 0.731. The molecule has 1 N–H and O–H groups in total. The minimum Gasteiger partial charge on any atom is -0.319 e. The Balaban J connectivity index is 1.80. The second-order valence-electron chi connectivity index (χ2n) is 7.05. The highest BCUT2D eigenvalue weighted by Gasteiger charge is 2.18. The minimum atomic E-state index is -0.432. The maximum atomic E-state index is 14.4. The van der Waals surface area contributed by atoms with Crippen LogP contribution in [-0.2, 0) is 6.54 Å². The maximum Gasteiger partial charge on any atom is 0.248 e. The summed E-state index contributed by atoms with van der Waals surface area (Å²) in [6.07, 6.45) is 0. The van der Waals surface area contributed by atoms with Gasteiger partial charge in [0.05, 0.1) is 39.2 Å². The predicted octanol–water partition coefficient (Wildman–Crippen LogP) is 4.81. The SMILES string of the molecule is Cc1ncsc1-c1nc2ccccc2n1Cc1cc(=O)[nH]c2c(F)ccc(C)c12. The normalized spacial score (nSPS) is 11.6. The number of aromatic nitrogens is 4. The van der Waals surface area contributed by atoms with Gasteiger partial charge in [-0.1, -0.05) is 18.2 Å². The standard InChI is InChI=1S/C22H17FN4OS/c1-12-7-8-15(23)20-19(12)14(9-18(28)26-20)10-27-17-6-4-3-5-16(17)25-22(27)21-13(2)24-11-29-21/h3-9,11H,10H2,1-2H3,(H,26,28). The summed E-state index contributed by atoms with van der Waals surface area (Å²) in [4.78, 5) is 25.1. The lowest BCUT2D eigenvalue weighted by atomic mass is 10.0. The molecule has 29 heavy (non-hydrogen) atoms. The van der Waals surface area contributed by atoms with Crippen LogP contribution in [0.15, 0.2) is 52.8 Å². The molecule has 0 aliphatic rings. The summed E-state index contributed by atoms with van der Waals surface area (Å²) in [7, 11) is 0. The fourth-order valence-corrected chi connectivity index (χ4v) is 4.63. The molecule has 3 aromatic heterocycles. The summed E-state index contributed by atoms with van der Waals surface area (Å²) in [5.74, 6) is 0.368. The number of H-pyrrole nitrogens is 1. The first-order chi connectivity index (χ1) is 14.0. The number of thiazole rings is 1. The Morgan fingerprint density at radius 3 is 2.79 bits per heavy atom. The zero-order valence-corrected chi connectivity index (χ0v) is 16.7. The first-order valence-corrected chi connectivity index (χ1v) is 10.1. The number of imidazole rings is 1. The van der Waals surface area contributed by atoms with Gasteiger partial charge in [0.1, 0.15) is 5.82 Å². The number of rotatable bonds is 3. The van der Waals surface area contributed by atoms with Crippen molar-refractivity contribution in [3.8, 4) is 10.7 Å². The lowest BCUT2D eigenvalue weighted by Gasteiger charge is -2.13. The molecule has 2 aromatic carbocycles. The van der Waals surface area contributed by atoms with Gasteiger partial charge in [-0.05, 0) is 43.2 Å². The van der Waals surface area contributed by atoms with E-state index in [1.165, 1.54) is 17.4 Å². The van der Waals surface area contributed by atoms with Gasteiger partial charge in [0.15, 0.2) is 5.82 Å². The lowest BCUT2D eigenvalue weighted by Crippen LogP contribution is -2.11. The van der Waals surface area contributed by atoms with Crippen LogP contribution in [-0.4, -0.2) is 19.5 Å². The average Bonchev–Trinajstić information content (AvgIpc) is 3.28. The van der Waals surface area contributed by atoms with Crippen LogP contribution in [0.4, 0.5) is 4.39 Å². The molecule has 5 nitrogen and oxygen atoms in total. The first-order valence-electron chi connectivity index (χ1n) is 9.19. The Kier molecular flexibility index (Phi) is 4.06. The highest BCUT2D eigenvalue weighted by Crippen LogP contribution is 2.32. The average molecular weight is 404 g/mol. The number of para-hydroxylation sites is 2. The molecule has 0 radical (unpaired) electrons. The van der Waals surface area contributed by atoms with Gasteiger partial charge in [0.25, 0.3) is 0 Å². The Labute approximate surface area is 169 Å². The maximum absolute atomic E-state index is 14.4. The summed E-state index contributed by atoms with van der Waals surface area (Å²) in [6.45, 7) is 4.28. The molecule has 0 atom stereocenters. The summed E-state index contributed by atoms with van der Waals surface area (Å²) in [5.41, 5.74) is 6.12. The van der Waals surface area contributed by atoms with Crippen LogP contribution < -0.4 is 5.56 Å². The van der Waals surface area contributed by atoms with Crippen LogP contribution in [0.5, 0.6) is 0 Å². The molecule has 0 amide bonds. The van der Waals surface area contributed by atoms with E-state index in [1.54, 1.807) is 17.6 Å². The quantitative estimate of drug-likeness (QED) is 0.470. The van der Waals surface area contributed by atoms with Crippen LogP contribution in [0.1, 0.15) is 16.8 Å². The third-order valence-corrected chi connectivity index (χ3v) is 6.09. The van der Waals surface area contributed by atoms with Gasteiger partial charge in [-0.15, -0.1) is 11.3 Å². The molecule has 0 fully saturated rings. The van der Waals surface area contributed by atoms with Crippen LogP contribution in [0.2, 0.25) is 0 Å². The molecule has 0 unspecified atom stereocenters. The molecule has 0 saturated heterocycles. The van der Waals surface area contributed by atoms with E-state index < -0.39 is 5.82 Å². The molecule has 0 aliphatic heterocycles. The fourth-order valence-electron chi connectivity index (χ4n) is 3.83. The van der Waals surface area contributed by atoms with Crippen molar-refractivity contribution in [3.05, 3.63) is 81.0 Å². The van der Waals surface area contributed by atoms with Crippen molar-refractivity contribution in [2.45, 2.75) is 20.4 Å². The van der Waals surface area contributed by atoms with Crippen molar-refractivity contribution < 1.29 is 4.39 Å². The Bertz CT molecular complexity index is 1450. The molecule has 0 saturated carbocycles. The van der Waals surface area contributed by atoms with E-state index >= 15 is 0 Å². The van der Waals surface area contributed by atoms with Crippen molar-refractivity contribution in [3.63, 3.8) is 0 Å². The van der Waals surface area contributed by atoms with E-state index in [1.807, 2.05) is 38.1 Å². The van der Waals surface area contributed by atoms with E-state index in [0.717, 1.165) is 43.9 Å². The van der Waals surface area contributed by atoms with E-state index in [-0.39, 0.29) is 11.1 Å². The monoisotopic (exact) mass is 404 g/mol. The van der Waals surface area contributed by atoms with Gasteiger partial charge in [-0.25, -0.2) is 14.4 Å². The van der Waals surface area contributed by atoms with Crippen LogP contribution in [0.25, 0.3) is 32.6 Å². The summed E-state index contributed by atoms with van der Waals surface area (Å²) in [6, 6.07) is 12.6. The zero-order valence-electron chi connectivity index (χ0n) is 15.9. The molecule has 144 valence electrons. The van der Waals surface area contributed by atoms with Gasteiger partial charge < -0.3 is 9.55 Å². The number of pyridine rings is 1. The second-order valence-corrected chi connectivity index (χ2v) is 7.91. The molecule has 0 aliphatic carbocycles. The lowest BCUT2D eigenvalue weighted by molar-refractivity contribution is 0.636. The van der Waals surface area contributed by atoms with Gasteiger partial charge in [0, 0.05) is 11.5 Å². The summed E-state index contributed by atoms with van der Waals surface area (Å²) < 4.78 is 16.5. The zero-order chi connectivity index (χ0) is 20.1.